The second-order valence-electron chi connectivity index (χ2n) is 8.87. The maximum Gasteiger partial charge on any atom is 0.270 e. The predicted octanol–water partition coefficient (Wildman–Crippen LogP) is 1.01. The third kappa shape index (κ3) is 6.10. The molecule has 1 amide bonds. The number of hydrogen-bond acceptors (Lipinski definition) is 7. The third-order valence-corrected chi connectivity index (χ3v) is 6.56. The minimum Gasteiger partial charge on any atom is -0.390 e. The van der Waals surface area contributed by atoms with Gasteiger partial charge in [0.25, 0.3) is 5.91 Å². The topological polar surface area (TPSA) is 93.6 Å². The Labute approximate surface area is 190 Å². The molecule has 4 rings (SSSR count). The molecule has 1 saturated heterocycles. The molecular formula is C24H34N6O2. The summed E-state index contributed by atoms with van der Waals surface area (Å²) in [5.74, 6) is 0.309. The van der Waals surface area contributed by atoms with Crippen LogP contribution in [-0.2, 0) is 19.4 Å². The second-order valence-corrected chi connectivity index (χ2v) is 8.87. The number of rotatable bonds is 8. The van der Waals surface area contributed by atoms with Gasteiger partial charge in [0.1, 0.15) is 12.0 Å². The van der Waals surface area contributed by atoms with Crippen LogP contribution in [-0.4, -0.2) is 76.8 Å². The normalized spacial score (nSPS) is 18.8. The summed E-state index contributed by atoms with van der Waals surface area (Å²) in [4.78, 5) is 23.3. The first-order valence-corrected chi connectivity index (χ1v) is 11.6. The molecule has 1 atom stereocenters. The van der Waals surface area contributed by atoms with Crippen LogP contribution in [0, 0.1) is 5.92 Å². The number of hydrogen-bond donors (Lipinski definition) is 3. The summed E-state index contributed by atoms with van der Waals surface area (Å²) in [5, 5.41) is 15.5. The summed E-state index contributed by atoms with van der Waals surface area (Å²) in [6, 6.07) is 10.2. The fraction of sp³-hybridized carbons (Fsp3) is 0.542. The number of nitrogens with one attached hydrogen (secondary N) is 2. The molecule has 2 aliphatic rings. The highest BCUT2D eigenvalue weighted by Crippen LogP contribution is 2.20. The molecule has 0 saturated carbocycles. The Balaban J connectivity index is 1.23. The number of piperidine rings is 1. The van der Waals surface area contributed by atoms with Gasteiger partial charge in [0.15, 0.2) is 0 Å². The Morgan fingerprint density at radius 3 is 2.75 bits per heavy atom. The SMILES string of the molecule is CNN1CCC(Cc2cc(C(=O)NC[C@H](O)CN3CCc4ccccc4C3)ncn2)CC1. The largest absolute Gasteiger partial charge is 0.390 e. The van der Waals surface area contributed by atoms with Crippen LogP contribution in [0.1, 0.15) is 40.2 Å². The lowest BCUT2D eigenvalue weighted by atomic mass is 9.92. The molecule has 8 heteroatoms. The first-order valence-electron chi connectivity index (χ1n) is 11.6. The fourth-order valence-corrected chi connectivity index (χ4v) is 4.66. The van der Waals surface area contributed by atoms with E-state index in [-0.39, 0.29) is 12.5 Å². The molecule has 3 N–H and O–H groups in total. The van der Waals surface area contributed by atoms with Gasteiger partial charge in [-0.3, -0.25) is 15.1 Å². The Morgan fingerprint density at radius 1 is 1.19 bits per heavy atom. The summed E-state index contributed by atoms with van der Waals surface area (Å²) >= 11 is 0. The molecule has 8 nitrogen and oxygen atoms in total. The summed E-state index contributed by atoms with van der Waals surface area (Å²) in [6.45, 7) is 4.56. The van der Waals surface area contributed by atoms with E-state index in [9.17, 15) is 9.90 Å². The zero-order valence-electron chi connectivity index (χ0n) is 18.8. The number of carbonyl (C=O) groups is 1. The lowest BCUT2D eigenvalue weighted by molar-refractivity contribution is 0.0837. The number of nitrogens with zero attached hydrogens (tertiary/aromatic N) is 4. The summed E-state index contributed by atoms with van der Waals surface area (Å²) in [5.41, 5.74) is 7.17. The number of carbonyl (C=O) groups excluding carboxylic acids is 1. The van der Waals surface area contributed by atoms with Crippen molar-refractivity contribution in [2.45, 2.75) is 38.3 Å². The Bertz CT molecular complexity index is 900. The molecule has 1 fully saturated rings. The van der Waals surface area contributed by atoms with Gasteiger partial charge < -0.3 is 10.4 Å². The monoisotopic (exact) mass is 438 g/mol. The first-order chi connectivity index (χ1) is 15.6. The maximum atomic E-state index is 12.6. The molecule has 2 aromatic rings. The smallest absolute Gasteiger partial charge is 0.270 e. The van der Waals surface area contributed by atoms with Crippen LogP contribution < -0.4 is 10.7 Å². The van der Waals surface area contributed by atoms with Crippen LogP contribution in [0.3, 0.4) is 0 Å². The van der Waals surface area contributed by atoms with Gasteiger partial charge in [-0.15, -0.1) is 0 Å². The molecule has 1 aromatic heterocycles. The number of benzene rings is 1. The quantitative estimate of drug-likeness (QED) is 0.566. The van der Waals surface area contributed by atoms with Crippen LogP contribution in [0.2, 0.25) is 0 Å². The number of hydrazine groups is 1. The number of amides is 1. The van der Waals surface area contributed by atoms with E-state index in [1.165, 1.54) is 17.5 Å². The molecule has 2 aliphatic heterocycles. The van der Waals surface area contributed by atoms with Crippen LogP contribution in [0.5, 0.6) is 0 Å². The van der Waals surface area contributed by atoms with Crippen molar-refractivity contribution in [2.75, 3.05) is 39.8 Å². The van der Waals surface area contributed by atoms with Crippen molar-refractivity contribution < 1.29 is 9.90 Å². The fourth-order valence-electron chi connectivity index (χ4n) is 4.66. The standard InChI is InChI=1S/C24H34N6O2/c1-25-30-10-6-18(7-11-30)12-21-13-23(28-17-27-21)24(32)26-14-22(31)16-29-9-8-19-4-2-3-5-20(19)15-29/h2-5,13,17-18,22,25,31H,6-12,14-16H2,1H3,(H,26,32)/t22-/m0/s1. The van der Waals surface area contributed by atoms with Gasteiger partial charge in [-0.1, -0.05) is 24.3 Å². The molecule has 0 radical (unpaired) electrons. The average molecular weight is 439 g/mol. The van der Waals surface area contributed by atoms with E-state index < -0.39 is 6.10 Å². The molecule has 3 heterocycles. The van der Waals surface area contributed by atoms with Crippen LogP contribution in [0.15, 0.2) is 36.7 Å². The summed E-state index contributed by atoms with van der Waals surface area (Å²) in [7, 11) is 1.96. The summed E-state index contributed by atoms with van der Waals surface area (Å²) < 4.78 is 0. The highest BCUT2D eigenvalue weighted by molar-refractivity contribution is 5.92. The van der Waals surface area contributed by atoms with E-state index in [0.29, 0.717) is 18.2 Å². The Kier molecular flexibility index (Phi) is 7.81. The second kappa shape index (κ2) is 11.0. The van der Waals surface area contributed by atoms with Crippen LogP contribution in [0.4, 0.5) is 0 Å². The van der Waals surface area contributed by atoms with Gasteiger partial charge in [-0.2, -0.15) is 0 Å². The molecule has 0 unspecified atom stereocenters. The van der Waals surface area contributed by atoms with Gasteiger partial charge in [-0.25, -0.2) is 15.0 Å². The van der Waals surface area contributed by atoms with Gasteiger partial charge in [0.2, 0.25) is 0 Å². The first kappa shape index (κ1) is 22.8. The Morgan fingerprint density at radius 2 is 1.97 bits per heavy atom. The number of aliphatic hydroxyl groups is 1. The molecule has 0 aliphatic carbocycles. The van der Waals surface area contributed by atoms with Gasteiger partial charge >= 0.3 is 0 Å². The number of β-amino-alcohol motifs (C(OH)–C–C–N with tert-alkyl or cyclic N) is 1. The van der Waals surface area contributed by atoms with Gasteiger partial charge in [0.05, 0.1) is 6.10 Å². The van der Waals surface area contributed by atoms with Crippen molar-refractivity contribution in [1.29, 1.82) is 0 Å². The highest BCUT2D eigenvalue weighted by atomic mass is 16.3. The van der Waals surface area contributed by atoms with Crippen molar-refractivity contribution in [3.05, 3.63) is 59.2 Å². The zero-order chi connectivity index (χ0) is 22.3. The number of aliphatic hydroxyl groups excluding tert-OH is 1. The van der Waals surface area contributed by atoms with E-state index in [1.807, 2.05) is 7.05 Å². The Hall–Kier alpha value is -2.39. The molecule has 172 valence electrons. The highest BCUT2D eigenvalue weighted by Gasteiger charge is 2.21. The maximum absolute atomic E-state index is 12.6. The number of fused-ring (bicyclic) bond motifs is 1. The third-order valence-electron chi connectivity index (χ3n) is 6.56. The van der Waals surface area contributed by atoms with Crippen molar-refractivity contribution in [3.8, 4) is 0 Å². The van der Waals surface area contributed by atoms with E-state index in [0.717, 1.165) is 57.6 Å². The molecule has 1 aromatic carbocycles. The van der Waals surface area contributed by atoms with E-state index >= 15 is 0 Å². The molecular weight excluding hydrogens is 404 g/mol. The van der Waals surface area contributed by atoms with Crippen molar-refractivity contribution >= 4 is 5.91 Å². The van der Waals surface area contributed by atoms with E-state index in [2.05, 4.69) is 54.9 Å². The minimum absolute atomic E-state index is 0.207. The average Bonchev–Trinajstić information content (AvgIpc) is 2.83. The molecule has 0 spiro atoms. The lowest BCUT2D eigenvalue weighted by Crippen LogP contribution is -2.42. The lowest BCUT2D eigenvalue weighted by Gasteiger charge is -2.31. The van der Waals surface area contributed by atoms with Crippen molar-refractivity contribution in [2.24, 2.45) is 5.92 Å². The van der Waals surface area contributed by atoms with Crippen LogP contribution in [0.25, 0.3) is 0 Å². The molecule has 32 heavy (non-hydrogen) atoms. The zero-order valence-corrected chi connectivity index (χ0v) is 18.8. The van der Waals surface area contributed by atoms with Gasteiger partial charge in [0, 0.05) is 45.0 Å². The predicted molar refractivity (Wildman–Crippen MR) is 123 cm³/mol. The van der Waals surface area contributed by atoms with Crippen molar-refractivity contribution in [3.63, 3.8) is 0 Å². The molecule has 0 bridgehead atoms. The minimum atomic E-state index is -0.622. The van der Waals surface area contributed by atoms with E-state index in [4.69, 9.17) is 0 Å². The van der Waals surface area contributed by atoms with Crippen molar-refractivity contribution in [1.82, 2.24) is 30.6 Å². The number of aromatic nitrogens is 2. The van der Waals surface area contributed by atoms with Crippen LogP contribution >= 0.6 is 0 Å². The van der Waals surface area contributed by atoms with E-state index in [1.54, 1.807) is 6.07 Å². The van der Waals surface area contributed by atoms with Gasteiger partial charge in [-0.05, 0) is 55.8 Å². The summed E-state index contributed by atoms with van der Waals surface area (Å²) in [6.07, 6.45) is 4.92.